The standard InChI is InChI=1S/C17H14N2OS/c1-12-7-9-14(10-8-12)17(20)18-16-11-15(19-21-16)13-5-3-2-4-6-13/h2-11H,1H3,(H,18,20). The number of anilines is 1. The topological polar surface area (TPSA) is 42.0 Å². The van der Waals surface area contributed by atoms with Crippen LogP contribution < -0.4 is 5.32 Å². The van der Waals surface area contributed by atoms with Crippen molar-refractivity contribution in [2.75, 3.05) is 5.32 Å². The summed E-state index contributed by atoms with van der Waals surface area (Å²) in [6.07, 6.45) is 0. The van der Waals surface area contributed by atoms with Crippen LogP contribution in [0.2, 0.25) is 0 Å². The van der Waals surface area contributed by atoms with E-state index in [1.165, 1.54) is 11.5 Å². The zero-order chi connectivity index (χ0) is 14.7. The Kier molecular flexibility index (Phi) is 3.79. The highest BCUT2D eigenvalue weighted by Crippen LogP contribution is 2.25. The van der Waals surface area contributed by atoms with Gasteiger partial charge in [-0.1, -0.05) is 48.0 Å². The van der Waals surface area contributed by atoms with Crippen LogP contribution in [0.5, 0.6) is 0 Å². The summed E-state index contributed by atoms with van der Waals surface area (Å²) >= 11 is 1.29. The third-order valence-electron chi connectivity index (χ3n) is 3.13. The fraction of sp³-hybridized carbons (Fsp3) is 0.0588. The highest BCUT2D eigenvalue weighted by Gasteiger charge is 2.09. The molecule has 104 valence electrons. The largest absolute Gasteiger partial charge is 0.312 e. The summed E-state index contributed by atoms with van der Waals surface area (Å²) in [5.74, 6) is -0.113. The number of carbonyl (C=O) groups excluding carboxylic acids is 1. The lowest BCUT2D eigenvalue weighted by Gasteiger charge is -2.02. The lowest BCUT2D eigenvalue weighted by Crippen LogP contribution is -2.10. The average Bonchev–Trinajstić information content (AvgIpc) is 2.97. The number of rotatable bonds is 3. The maximum atomic E-state index is 12.1. The number of amides is 1. The van der Waals surface area contributed by atoms with Crippen molar-refractivity contribution in [3.63, 3.8) is 0 Å². The van der Waals surface area contributed by atoms with Gasteiger partial charge >= 0.3 is 0 Å². The molecule has 0 radical (unpaired) electrons. The average molecular weight is 294 g/mol. The number of carbonyl (C=O) groups is 1. The van der Waals surface area contributed by atoms with Gasteiger partial charge in [-0.3, -0.25) is 4.79 Å². The normalized spacial score (nSPS) is 10.3. The highest BCUT2D eigenvalue weighted by atomic mass is 32.1. The van der Waals surface area contributed by atoms with E-state index >= 15 is 0 Å². The first-order chi connectivity index (χ1) is 10.2. The van der Waals surface area contributed by atoms with Crippen molar-refractivity contribution in [2.24, 2.45) is 0 Å². The van der Waals surface area contributed by atoms with Crippen LogP contribution in [-0.2, 0) is 0 Å². The number of aromatic nitrogens is 1. The van der Waals surface area contributed by atoms with E-state index in [0.717, 1.165) is 21.8 Å². The lowest BCUT2D eigenvalue weighted by molar-refractivity contribution is 0.102. The number of hydrogen-bond acceptors (Lipinski definition) is 3. The van der Waals surface area contributed by atoms with Gasteiger partial charge in [0.2, 0.25) is 0 Å². The number of nitrogens with zero attached hydrogens (tertiary/aromatic N) is 1. The van der Waals surface area contributed by atoms with E-state index in [1.807, 2.05) is 67.6 Å². The van der Waals surface area contributed by atoms with Crippen molar-refractivity contribution in [2.45, 2.75) is 6.92 Å². The Morgan fingerprint density at radius 1 is 1.05 bits per heavy atom. The molecule has 0 bridgehead atoms. The van der Waals surface area contributed by atoms with Crippen LogP contribution in [-0.4, -0.2) is 10.3 Å². The first kappa shape index (κ1) is 13.5. The van der Waals surface area contributed by atoms with Gasteiger partial charge in [0.25, 0.3) is 5.91 Å². The number of hydrogen-bond donors (Lipinski definition) is 1. The molecule has 1 aromatic heterocycles. The van der Waals surface area contributed by atoms with E-state index in [-0.39, 0.29) is 5.91 Å². The zero-order valence-corrected chi connectivity index (χ0v) is 12.4. The summed E-state index contributed by atoms with van der Waals surface area (Å²) in [5.41, 5.74) is 3.70. The Labute approximate surface area is 127 Å². The van der Waals surface area contributed by atoms with E-state index in [4.69, 9.17) is 0 Å². The van der Waals surface area contributed by atoms with Crippen LogP contribution in [0, 0.1) is 6.92 Å². The molecular formula is C17H14N2OS. The van der Waals surface area contributed by atoms with E-state index in [2.05, 4.69) is 9.69 Å². The number of aryl methyl sites for hydroxylation is 1. The van der Waals surface area contributed by atoms with Crippen LogP contribution in [0.25, 0.3) is 11.3 Å². The zero-order valence-electron chi connectivity index (χ0n) is 11.5. The molecule has 0 fully saturated rings. The molecule has 0 aliphatic rings. The second-order valence-electron chi connectivity index (χ2n) is 4.76. The van der Waals surface area contributed by atoms with Crippen molar-refractivity contribution in [1.29, 1.82) is 0 Å². The fourth-order valence-corrected chi connectivity index (χ4v) is 2.63. The van der Waals surface area contributed by atoms with E-state index in [0.29, 0.717) is 5.56 Å². The quantitative estimate of drug-likeness (QED) is 0.779. The van der Waals surface area contributed by atoms with Gasteiger partial charge in [-0.15, -0.1) is 0 Å². The highest BCUT2D eigenvalue weighted by molar-refractivity contribution is 7.10. The molecule has 1 heterocycles. The Bertz CT molecular complexity index is 748. The monoisotopic (exact) mass is 294 g/mol. The number of benzene rings is 2. The van der Waals surface area contributed by atoms with E-state index in [9.17, 15) is 4.79 Å². The molecule has 3 aromatic rings. The summed E-state index contributed by atoms with van der Waals surface area (Å²) < 4.78 is 4.37. The summed E-state index contributed by atoms with van der Waals surface area (Å²) in [6, 6.07) is 19.3. The Hall–Kier alpha value is -2.46. The van der Waals surface area contributed by atoms with Crippen LogP contribution in [0.3, 0.4) is 0 Å². The maximum absolute atomic E-state index is 12.1. The SMILES string of the molecule is Cc1ccc(C(=O)Nc2cc(-c3ccccc3)ns2)cc1. The summed E-state index contributed by atoms with van der Waals surface area (Å²) in [5, 5.41) is 3.63. The van der Waals surface area contributed by atoms with Gasteiger partial charge in [-0.05, 0) is 30.6 Å². The molecule has 1 N–H and O–H groups in total. The van der Waals surface area contributed by atoms with Crippen LogP contribution in [0.4, 0.5) is 5.00 Å². The molecule has 0 spiro atoms. The Morgan fingerprint density at radius 2 is 1.76 bits per heavy atom. The van der Waals surface area contributed by atoms with Crippen molar-refractivity contribution in [3.8, 4) is 11.3 Å². The molecule has 4 heteroatoms. The molecule has 3 nitrogen and oxygen atoms in total. The van der Waals surface area contributed by atoms with Gasteiger partial charge in [0.15, 0.2) is 0 Å². The summed E-state index contributed by atoms with van der Waals surface area (Å²) in [7, 11) is 0. The van der Waals surface area contributed by atoms with E-state index in [1.54, 1.807) is 0 Å². The molecule has 3 rings (SSSR count). The molecule has 0 aliphatic heterocycles. The van der Waals surface area contributed by atoms with Crippen molar-refractivity contribution in [3.05, 3.63) is 71.8 Å². The number of nitrogens with one attached hydrogen (secondary N) is 1. The van der Waals surface area contributed by atoms with Gasteiger partial charge in [0.1, 0.15) is 5.00 Å². The molecule has 0 unspecified atom stereocenters. The van der Waals surface area contributed by atoms with Crippen molar-refractivity contribution >= 4 is 22.4 Å². The fourth-order valence-electron chi connectivity index (χ4n) is 1.97. The van der Waals surface area contributed by atoms with Gasteiger partial charge in [-0.2, -0.15) is 4.37 Å². The minimum absolute atomic E-state index is 0.113. The first-order valence-electron chi connectivity index (χ1n) is 6.62. The van der Waals surface area contributed by atoms with Crippen LogP contribution in [0.1, 0.15) is 15.9 Å². The molecule has 1 amide bonds. The van der Waals surface area contributed by atoms with Crippen molar-refractivity contribution in [1.82, 2.24) is 4.37 Å². The van der Waals surface area contributed by atoms with E-state index < -0.39 is 0 Å². The van der Waals surface area contributed by atoms with Gasteiger partial charge in [0.05, 0.1) is 5.69 Å². The van der Waals surface area contributed by atoms with Crippen LogP contribution in [0.15, 0.2) is 60.7 Å². The predicted molar refractivity (Wildman–Crippen MR) is 86.7 cm³/mol. The summed E-state index contributed by atoms with van der Waals surface area (Å²) in [4.78, 5) is 12.1. The minimum atomic E-state index is -0.113. The molecule has 2 aromatic carbocycles. The third kappa shape index (κ3) is 3.17. The first-order valence-corrected chi connectivity index (χ1v) is 7.40. The van der Waals surface area contributed by atoms with Gasteiger partial charge < -0.3 is 5.32 Å². The summed E-state index contributed by atoms with van der Waals surface area (Å²) in [6.45, 7) is 2.00. The Balaban J connectivity index is 1.75. The maximum Gasteiger partial charge on any atom is 0.256 e. The molecule has 21 heavy (non-hydrogen) atoms. The molecule has 0 saturated carbocycles. The Morgan fingerprint density at radius 3 is 2.48 bits per heavy atom. The minimum Gasteiger partial charge on any atom is -0.312 e. The molecule has 0 atom stereocenters. The lowest BCUT2D eigenvalue weighted by atomic mass is 10.1. The second kappa shape index (κ2) is 5.89. The van der Waals surface area contributed by atoms with Gasteiger partial charge in [0, 0.05) is 17.2 Å². The predicted octanol–water partition coefficient (Wildman–Crippen LogP) is 4.37. The third-order valence-corrected chi connectivity index (χ3v) is 3.83. The van der Waals surface area contributed by atoms with Crippen LogP contribution >= 0.6 is 11.5 Å². The van der Waals surface area contributed by atoms with Gasteiger partial charge in [-0.25, -0.2) is 0 Å². The second-order valence-corrected chi connectivity index (χ2v) is 5.57. The molecule has 0 aliphatic carbocycles. The molecule has 0 saturated heterocycles. The smallest absolute Gasteiger partial charge is 0.256 e. The molecular weight excluding hydrogens is 280 g/mol. The van der Waals surface area contributed by atoms with Crippen molar-refractivity contribution < 1.29 is 4.79 Å².